The number of nitrogens with one attached hydrogen (secondary N) is 1. The molecule has 8 heteroatoms. The molecule has 0 aliphatic carbocycles. The Balaban J connectivity index is 1.43. The summed E-state index contributed by atoms with van der Waals surface area (Å²) in [7, 11) is 0. The van der Waals surface area contributed by atoms with Gasteiger partial charge in [-0.05, 0) is 43.2 Å². The van der Waals surface area contributed by atoms with E-state index in [0.717, 1.165) is 12.0 Å². The van der Waals surface area contributed by atoms with Gasteiger partial charge in [0.25, 0.3) is 5.91 Å². The SMILES string of the molecule is CCCOc1ccccc1OCC(=O)O[C@@H](C)C(=O)NCc1ccc2c(c1)OCO2. The Kier molecular flexibility index (Phi) is 7.37. The van der Waals surface area contributed by atoms with Gasteiger partial charge in [0.15, 0.2) is 35.7 Å². The summed E-state index contributed by atoms with van der Waals surface area (Å²) in [5, 5.41) is 2.73. The van der Waals surface area contributed by atoms with E-state index in [1.807, 2.05) is 19.1 Å². The predicted octanol–water partition coefficient (Wildman–Crippen LogP) is 2.83. The van der Waals surface area contributed by atoms with Crippen molar-refractivity contribution in [1.82, 2.24) is 5.32 Å². The fourth-order valence-electron chi connectivity index (χ4n) is 2.71. The number of fused-ring (bicyclic) bond motifs is 1. The highest BCUT2D eigenvalue weighted by molar-refractivity contribution is 5.83. The van der Waals surface area contributed by atoms with Crippen molar-refractivity contribution in [3.05, 3.63) is 48.0 Å². The van der Waals surface area contributed by atoms with E-state index >= 15 is 0 Å². The van der Waals surface area contributed by atoms with Gasteiger partial charge in [0, 0.05) is 6.54 Å². The van der Waals surface area contributed by atoms with Crippen LogP contribution >= 0.6 is 0 Å². The Labute approximate surface area is 175 Å². The molecule has 1 atom stereocenters. The van der Waals surface area contributed by atoms with Crippen molar-refractivity contribution in [2.24, 2.45) is 0 Å². The molecule has 0 unspecified atom stereocenters. The van der Waals surface area contributed by atoms with E-state index in [4.69, 9.17) is 23.7 Å². The molecule has 2 aromatic rings. The van der Waals surface area contributed by atoms with E-state index in [-0.39, 0.29) is 19.9 Å². The molecule has 0 bridgehead atoms. The fraction of sp³-hybridized carbons (Fsp3) is 0.364. The van der Waals surface area contributed by atoms with Crippen LogP contribution in [0.15, 0.2) is 42.5 Å². The number of ether oxygens (including phenoxy) is 5. The monoisotopic (exact) mass is 415 g/mol. The molecule has 30 heavy (non-hydrogen) atoms. The van der Waals surface area contributed by atoms with Crippen LogP contribution in [0.4, 0.5) is 0 Å². The third-order valence-corrected chi connectivity index (χ3v) is 4.24. The summed E-state index contributed by atoms with van der Waals surface area (Å²) in [4.78, 5) is 24.3. The molecule has 3 rings (SSSR count). The van der Waals surface area contributed by atoms with Gasteiger partial charge in [-0.25, -0.2) is 4.79 Å². The molecule has 0 radical (unpaired) electrons. The standard InChI is InChI=1S/C22H25NO7/c1-3-10-26-17-6-4-5-7-18(17)27-13-21(24)30-15(2)22(25)23-12-16-8-9-19-20(11-16)29-14-28-19/h4-9,11,15H,3,10,12-14H2,1-2H3,(H,23,25)/t15-/m0/s1. The van der Waals surface area contributed by atoms with Crippen LogP contribution < -0.4 is 24.3 Å². The summed E-state index contributed by atoms with van der Waals surface area (Å²) in [5.74, 6) is 1.26. The van der Waals surface area contributed by atoms with E-state index in [0.29, 0.717) is 29.6 Å². The first kappa shape index (κ1) is 21.3. The number of para-hydroxylation sites is 2. The van der Waals surface area contributed by atoms with Gasteiger partial charge in [-0.2, -0.15) is 0 Å². The van der Waals surface area contributed by atoms with Crippen molar-refractivity contribution in [3.8, 4) is 23.0 Å². The van der Waals surface area contributed by atoms with Crippen LogP contribution in [0.3, 0.4) is 0 Å². The van der Waals surface area contributed by atoms with Crippen LogP contribution in [0.2, 0.25) is 0 Å². The lowest BCUT2D eigenvalue weighted by Crippen LogP contribution is -2.36. The lowest BCUT2D eigenvalue weighted by atomic mass is 10.2. The van der Waals surface area contributed by atoms with Crippen LogP contribution in [-0.2, 0) is 20.9 Å². The average Bonchev–Trinajstić information content (AvgIpc) is 3.23. The maximum Gasteiger partial charge on any atom is 0.344 e. The predicted molar refractivity (Wildman–Crippen MR) is 108 cm³/mol. The Morgan fingerprint density at radius 3 is 2.57 bits per heavy atom. The fourth-order valence-corrected chi connectivity index (χ4v) is 2.71. The maximum atomic E-state index is 12.2. The summed E-state index contributed by atoms with van der Waals surface area (Å²) >= 11 is 0. The highest BCUT2D eigenvalue weighted by atomic mass is 16.7. The third-order valence-electron chi connectivity index (χ3n) is 4.24. The van der Waals surface area contributed by atoms with E-state index in [1.54, 1.807) is 30.3 Å². The van der Waals surface area contributed by atoms with Crippen molar-refractivity contribution in [3.63, 3.8) is 0 Å². The zero-order valence-electron chi connectivity index (χ0n) is 17.0. The molecular weight excluding hydrogens is 390 g/mol. The minimum absolute atomic E-state index is 0.190. The number of carbonyl (C=O) groups excluding carboxylic acids is 2. The van der Waals surface area contributed by atoms with Crippen molar-refractivity contribution >= 4 is 11.9 Å². The van der Waals surface area contributed by atoms with Gasteiger partial charge in [-0.15, -0.1) is 0 Å². The molecule has 0 saturated heterocycles. The van der Waals surface area contributed by atoms with Crippen molar-refractivity contribution in [2.75, 3.05) is 20.0 Å². The van der Waals surface area contributed by atoms with E-state index in [1.165, 1.54) is 6.92 Å². The molecule has 1 aliphatic heterocycles. The van der Waals surface area contributed by atoms with Crippen molar-refractivity contribution in [1.29, 1.82) is 0 Å². The number of carbonyl (C=O) groups is 2. The first-order valence-corrected chi connectivity index (χ1v) is 9.77. The van der Waals surface area contributed by atoms with Crippen LogP contribution in [-0.4, -0.2) is 38.0 Å². The lowest BCUT2D eigenvalue weighted by molar-refractivity contribution is -0.156. The van der Waals surface area contributed by atoms with Gasteiger partial charge in [0.2, 0.25) is 6.79 Å². The molecule has 1 aliphatic rings. The summed E-state index contributed by atoms with van der Waals surface area (Å²) in [6.07, 6.45) is -0.100. The van der Waals surface area contributed by atoms with E-state index in [2.05, 4.69) is 5.32 Å². The molecule has 1 amide bonds. The smallest absolute Gasteiger partial charge is 0.344 e. The molecule has 0 fully saturated rings. The summed E-state index contributed by atoms with van der Waals surface area (Å²) in [6.45, 7) is 4.19. The second kappa shape index (κ2) is 10.4. The van der Waals surface area contributed by atoms with E-state index < -0.39 is 18.0 Å². The molecule has 0 spiro atoms. The summed E-state index contributed by atoms with van der Waals surface area (Å²) < 4.78 is 26.8. The van der Waals surface area contributed by atoms with E-state index in [9.17, 15) is 9.59 Å². The van der Waals surface area contributed by atoms with Crippen molar-refractivity contribution in [2.45, 2.75) is 32.9 Å². The Morgan fingerprint density at radius 1 is 1.07 bits per heavy atom. The van der Waals surface area contributed by atoms with Crippen LogP contribution in [0.5, 0.6) is 23.0 Å². The van der Waals surface area contributed by atoms with Crippen LogP contribution in [0.25, 0.3) is 0 Å². The maximum absolute atomic E-state index is 12.2. The average molecular weight is 415 g/mol. The Bertz CT molecular complexity index is 884. The molecule has 1 heterocycles. The first-order chi connectivity index (χ1) is 14.6. The minimum atomic E-state index is -0.957. The van der Waals surface area contributed by atoms with Gasteiger partial charge < -0.3 is 29.0 Å². The number of amides is 1. The number of hydrogen-bond donors (Lipinski definition) is 1. The lowest BCUT2D eigenvalue weighted by Gasteiger charge is -2.15. The zero-order valence-corrected chi connectivity index (χ0v) is 17.0. The Morgan fingerprint density at radius 2 is 1.80 bits per heavy atom. The number of hydrogen-bond acceptors (Lipinski definition) is 7. The highest BCUT2D eigenvalue weighted by Gasteiger charge is 2.19. The summed E-state index contributed by atoms with van der Waals surface area (Å²) in [6, 6.07) is 12.5. The van der Waals surface area contributed by atoms with Gasteiger partial charge in [-0.3, -0.25) is 4.79 Å². The zero-order chi connectivity index (χ0) is 21.3. The molecule has 0 aromatic heterocycles. The normalized spacial score (nSPS) is 12.7. The number of esters is 1. The van der Waals surface area contributed by atoms with Gasteiger partial charge in [0.05, 0.1) is 6.61 Å². The van der Waals surface area contributed by atoms with Crippen molar-refractivity contribution < 1.29 is 33.3 Å². The second-order valence-corrected chi connectivity index (χ2v) is 6.62. The molecule has 8 nitrogen and oxygen atoms in total. The molecule has 1 N–H and O–H groups in total. The highest BCUT2D eigenvalue weighted by Crippen LogP contribution is 2.32. The second-order valence-electron chi connectivity index (χ2n) is 6.62. The van der Waals surface area contributed by atoms with Gasteiger partial charge >= 0.3 is 5.97 Å². The van der Waals surface area contributed by atoms with Crippen LogP contribution in [0, 0.1) is 0 Å². The summed E-state index contributed by atoms with van der Waals surface area (Å²) in [5.41, 5.74) is 0.846. The molecule has 2 aromatic carbocycles. The first-order valence-electron chi connectivity index (χ1n) is 9.77. The van der Waals surface area contributed by atoms with Gasteiger partial charge in [0.1, 0.15) is 0 Å². The number of rotatable bonds is 10. The topological polar surface area (TPSA) is 92.3 Å². The van der Waals surface area contributed by atoms with Crippen LogP contribution in [0.1, 0.15) is 25.8 Å². The number of benzene rings is 2. The third kappa shape index (κ3) is 5.79. The molecule has 160 valence electrons. The van der Waals surface area contributed by atoms with Gasteiger partial charge in [-0.1, -0.05) is 25.1 Å². The molecule has 0 saturated carbocycles. The molecular formula is C22H25NO7. The minimum Gasteiger partial charge on any atom is -0.490 e. The largest absolute Gasteiger partial charge is 0.490 e. The quantitative estimate of drug-likeness (QED) is 0.597. The Hall–Kier alpha value is -3.42.